The molecule has 0 aliphatic rings. The lowest BCUT2D eigenvalue weighted by atomic mass is 10.00. The first-order chi connectivity index (χ1) is 8.74. The van der Waals surface area contributed by atoms with Gasteiger partial charge in [0, 0.05) is 12.4 Å². The molecule has 1 N–H and O–H groups in total. The number of hydrogen-bond donors (Lipinski definition) is 1. The van der Waals surface area contributed by atoms with Crippen molar-refractivity contribution >= 4 is 11.6 Å². The molecule has 1 unspecified atom stereocenters. The van der Waals surface area contributed by atoms with Gasteiger partial charge >= 0.3 is 0 Å². The summed E-state index contributed by atoms with van der Waals surface area (Å²) >= 11 is 6.04. The van der Waals surface area contributed by atoms with Crippen LogP contribution in [0.2, 0.25) is 5.02 Å². The lowest BCUT2D eigenvalue weighted by Crippen LogP contribution is -2.22. The van der Waals surface area contributed by atoms with E-state index in [1.165, 1.54) is 6.07 Å². The van der Waals surface area contributed by atoms with Gasteiger partial charge in [-0.05, 0) is 29.8 Å². The molecule has 2 rings (SSSR count). The van der Waals surface area contributed by atoms with Crippen molar-refractivity contribution in [3.05, 3.63) is 64.7 Å². The van der Waals surface area contributed by atoms with Gasteiger partial charge in [0.05, 0.1) is 11.1 Å². The average Bonchev–Trinajstić information content (AvgIpc) is 2.41. The van der Waals surface area contributed by atoms with E-state index in [1.54, 1.807) is 18.5 Å². The smallest absolute Gasteiger partial charge is 0.142 e. The van der Waals surface area contributed by atoms with Crippen molar-refractivity contribution in [3.63, 3.8) is 0 Å². The molecule has 1 aromatic carbocycles. The second kappa shape index (κ2) is 5.94. The summed E-state index contributed by atoms with van der Waals surface area (Å²) in [5.41, 5.74) is 1.69. The van der Waals surface area contributed by atoms with E-state index in [0.717, 1.165) is 17.7 Å². The van der Waals surface area contributed by atoms with E-state index in [1.807, 2.05) is 25.1 Å². The second-order valence-electron chi connectivity index (χ2n) is 3.92. The minimum absolute atomic E-state index is 0.146. The molecule has 0 spiro atoms. The van der Waals surface area contributed by atoms with Crippen LogP contribution in [0.25, 0.3) is 0 Å². The summed E-state index contributed by atoms with van der Waals surface area (Å²) in [7, 11) is 0. The van der Waals surface area contributed by atoms with E-state index in [9.17, 15) is 4.39 Å². The normalized spacial score (nSPS) is 12.4. The van der Waals surface area contributed by atoms with Gasteiger partial charge in [-0.3, -0.25) is 4.98 Å². The lowest BCUT2D eigenvalue weighted by Gasteiger charge is -2.19. The molecule has 0 amide bonds. The van der Waals surface area contributed by atoms with E-state index >= 15 is 0 Å². The van der Waals surface area contributed by atoms with Gasteiger partial charge in [0.15, 0.2) is 0 Å². The summed E-state index contributed by atoms with van der Waals surface area (Å²) in [6, 6.07) is 8.50. The zero-order chi connectivity index (χ0) is 13.0. The minimum atomic E-state index is -0.402. The molecule has 4 heteroatoms. The van der Waals surface area contributed by atoms with E-state index in [4.69, 9.17) is 11.6 Å². The molecule has 0 aliphatic carbocycles. The molecule has 0 saturated heterocycles. The van der Waals surface area contributed by atoms with Crippen LogP contribution in [0, 0.1) is 5.82 Å². The van der Waals surface area contributed by atoms with Gasteiger partial charge in [0.1, 0.15) is 5.82 Å². The van der Waals surface area contributed by atoms with Crippen LogP contribution in [0.15, 0.2) is 42.7 Å². The Kier molecular flexibility index (Phi) is 4.28. The van der Waals surface area contributed by atoms with Crippen molar-refractivity contribution in [1.29, 1.82) is 0 Å². The summed E-state index contributed by atoms with van der Waals surface area (Å²) < 4.78 is 13.5. The Balaban J connectivity index is 2.45. The molecule has 1 atom stereocenters. The van der Waals surface area contributed by atoms with Crippen LogP contribution in [0.4, 0.5) is 4.39 Å². The number of halogens is 2. The maximum Gasteiger partial charge on any atom is 0.142 e. The topological polar surface area (TPSA) is 24.9 Å². The van der Waals surface area contributed by atoms with E-state index in [2.05, 4.69) is 10.3 Å². The van der Waals surface area contributed by atoms with E-state index in [-0.39, 0.29) is 11.1 Å². The Morgan fingerprint density at radius 2 is 2.17 bits per heavy atom. The molecule has 0 fully saturated rings. The standard InChI is InChI=1S/C14H14ClFN2/c1-2-18-14(10-5-4-8-17-9-10)11-6-3-7-12(16)13(11)15/h3-9,14,18H,2H2,1H3. The van der Waals surface area contributed by atoms with Gasteiger partial charge in [0.25, 0.3) is 0 Å². The average molecular weight is 265 g/mol. The van der Waals surface area contributed by atoms with Crippen molar-refractivity contribution in [3.8, 4) is 0 Å². The van der Waals surface area contributed by atoms with Crippen LogP contribution in [-0.4, -0.2) is 11.5 Å². The third-order valence-electron chi connectivity index (χ3n) is 2.72. The van der Waals surface area contributed by atoms with Gasteiger partial charge in [-0.2, -0.15) is 0 Å². The number of hydrogen-bond acceptors (Lipinski definition) is 2. The highest BCUT2D eigenvalue weighted by atomic mass is 35.5. The van der Waals surface area contributed by atoms with Crippen molar-refractivity contribution in [2.75, 3.05) is 6.54 Å². The molecule has 94 valence electrons. The van der Waals surface area contributed by atoms with Gasteiger partial charge in [0.2, 0.25) is 0 Å². The van der Waals surface area contributed by atoms with E-state index < -0.39 is 5.82 Å². The molecule has 1 heterocycles. The van der Waals surface area contributed by atoms with Crippen LogP contribution in [0.3, 0.4) is 0 Å². The largest absolute Gasteiger partial charge is 0.306 e. The number of nitrogens with zero attached hydrogens (tertiary/aromatic N) is 1. The molecular weight excluding hydrogens is 251 g/mol. The monoisotopic (exact) mass is 264 g/mol. The number of benzene rings is 1. The highest BCUT2D eigenvalue weighted by Crippen LogP contribution is 2.29. The van der Waals surface area contributed by atoms with Crippen molar-refractivity contribution < 1.29 is 4.39 Å². The zero-order valence-corrected chi connectivity index (χ0v) is 10.8. The number of nitrogens with one attached hydrogen (secondary N) is 1. The Bertz CT molecular complexity index is 516. The molecular formula is C14H14ClFN2. The molecule has 2 aromatic rings. The maximum atomic E-state index is 13.5. The van der Waals surface area contributed by atoms with Crippen molar-refractivity contribution in [2.24, 2.45) is 0 Å². The van der Waals surface area contributed by atoms with Crippen LogP contribution < -0.4 is 5.32 Å². The Hall–Kier alpha value is -1.45. The van der Waals surface area contributed by atoms with Gasteiger partial charge in [-0.25, -0.2) is 4.39 Å². The number of pyridine rings is 1. The zero-order valence-electron chi connectivity index (χ0n) is 10.0. The summed E-state index contributed by atoms with van der Waals surface area (Å²) in [4.78, 5) is 4.09. The third kappa shape index (κ3) is 2.68. The van der Waals surface area contributed by atoms with E-state index in [0.29, 0.717) is 0 Å². The van der Waals surface area contributed by atoms with Crippen molar-refractivity contribution in [2.45, 2.75) is 13.0 Å². The predicted molar refractivity (Wildman–Crippen MR) is 71.2 cm³/mol. The van der Waals surface area contributed by atoms with Gasteiger partial charge in [-0.15, -0.1) is 0 Å². The highest BCUT2D eigenvalue weighted by molar-refractivity contribution is 6.31. The van der Waals surface area contributed by atoms with Crippen LogP contribution in [0.5, 0.6) is 0 Å². The molecule has 1 aromatic heterocycles. The molecule has 2 nitrogen and oxygen atoms in total. The number of aromatic nitrogens is 1. The summed E-state index contributed by atoms with van der Waals surface area (Å²) in [5, 5.41) is 3.45. The van der Waals surface area contributed by atoms with Crippen LogP contribution in [0.1, 0.15) is 24.1 Å². The molecule has 0 radical (unpaired) electrons. The molecule has 18 heavy (non-hydrogen) atoms. The lowest BCUT2D eigenvalue weighted by molar-refractivity contribution is 0.603. The summed E-state index contributed by atoms with van der Waals surface area (Å²) in [6.07, 6.45) is 3.47. The summed E-state index contributed by atoms with van der Waals surface area (Å²) in [6.45, 7) is 2.75. The highest BCUT2D eigenvalue weighted by Gasteiger charge is 2.17. The van der Waals surface area contributed by atoms with Gasteiger partial charge in [-0.1, -0.05) is 36.7 Å². The Morgan fingerprint density at radius 3 is 2.83 bits per heavy atom. The minimum Gasteiger partial charge on any atom is -0.306 e. The fourth-order valence-electron chi connectivity index (χ4n) is 1.90. The second-order valence-corrected chi connectivity index (χ2v) is 4.30. The first-order valence-electron chi connectivity index (χ1n) is 5.81. The first-order valence-corrected chi connectivity index (χ1v) is 6.19. The fourth-order valence-corrected chi connectivity index (χ4v) is 2.14. The van der Waals surface area contributed by atoms with Gasteiger partial charge < -0.3 is 5.32 Å². The number of rotatable bonds is 4. The maximum absolute atomic E-state index is 13.5. The molecule has 0 saturated carbocycles. The predicted octanol–water partition coefficient (Wildman–Crippen LogP) is 3.57. The summed E-state index contributed by atoms with van der Waals surface area (Å²) in [5.74, 6) is -0.402. The fraction of sp³-hybridized carbons (Fsp3) is 0.214. The van der Waals surface area contributed by atoms with Crippen LogP contribution in [-0.2, 0) is 0 Å². The first kappa shape index (κ1) is 13.0. The Morgan fingerprint density at radius 1 is 1.33 bits per heavy atom. The molecule has 0 aliphatic heterocycles. The van der Waals surface area contributed by atoms with Crippen molar-refractivity contribution in [1.82, 2.24) is 10.3 Å². The quantitative estimate of drug-likeness (QED) is 0.913. The third-order valence-corrected chi connectivity index (χ3v) is 3.12. The Labute approximate surface area is 111 Å². The van der Waals surface area contributed by atoms with Crippen LogP contribution >= 0.6 is 11.6 Å². The SMILES string of the molecule is CCNC(c1cccnc1)c1cccc(F)c1Cl. The molecule has 0 bridgehead atoms.